The van der Waals surface area contributed by atoms with E-state index >= 15 is 0 Å². The third kappa shape index (κ3) is 5.35. The molecule has 0 amide bonds. The highest BCUT2D eigenvalue weighted by atomic mass is 32.2. The Bertz CT molecular complexity index is 398. The van der Waals surface area contributed by atoms with Gasteiger partial charge in [0.15, 0.2) is 0 Å². The number of carboxylic acid groups (broad SMARTS) is 1. The molecule has 1 aliphatic rings. The van der Waals surface area contributed by atoms with E-state index < -0.39 is 22.0 Å². The summed E-state index contributed by atoms with van der Waals surface area (Å²) in [6.45, 7) is 5.80. The average Bonchev–Trinajstić information content (AvgIpc) is 2.93. The van der Waals surface area contributed by atoms with Gasteiger partial charge in [0.2, 0.25) is 10.0 Å². The van der Waals surface area contributed by atoms with Gasteiger partial charge in [-0.3, -0.25) is 4.79 Å². The summed E-state index contributed by atoms with van der Waals surface area (Å²) in [7, 11) is -3.50. The molecular formula is C12H23NO4S. The standard InChI is InChI=1S/C12H23NO4S/c1-9(2)8-10(11(14)15)13-18(16,17)7-6-12(3)4-5-12/h9-10,13H,4-8H2,1-3H3,(H,14,15). The van der Waals surface area contributed by atoms with Gasteiger partial charge in [-0.05, 0) is 37.0 Å². The first-order chi connectivity index (χ1) is 8.14. The van der Waals surface area contributed by atoms with Crippen LogP contribution in [-0.4, -0.2) is 31.3 Å². The van der Waals surface area contributed by atoms with Crippen LogP contribution in [0.1, 0.15) is 46.5 Å². The maximum Gasteiger partial charge on any atom is 0.321 e. The highest BCUT2D eigenvalue weighted by Crippen LogP contribution is 2.48. The van der Waals surface area contributed by atoms with Crippen LogP contribution in [0.4, 0.5) is 0 Å². The number of aliphatic carboxylic acids is 1. The number of rotatable bonds is 8. The Morgan fingerprint density at radius 2 is 1.94 bits per heavy atom. The van der Waals surface area contributed by atoms with Crippen LogP contribution in [0.3, 0.4) is 0 Å². The first-order valence-corrected chi connectivity index (χ1v) is 8.02. The lowest BCUT2D eigenvalue weighted by atomic mass is 10.1. The summed E-state index contributed by atoms with van der Waals surface area (Å²) in [6.07, 6.45) is 3.05. The van der Waals surface area contributed by atoms with Gasteiger partial charge in [0.25, 0.3) is 0 Å². The molecule has 1 saturated carbocycles. The van der Waals surface area contributed by atoms with E-state index in [4.69, 9.17) is 5.11 Å². The molecule has 106 valence electrons. The van der Waals surface area contributed by atoms with Crippen molar-refractivity contribution >= 4 is 16.0 Å². The fourth-order valence-electron chi connectivity index (χ4n) is 1.79. The van der Waals surface area contributed by atoms with Crippen molar-refractivity contribution in [3.63, 3.8) is 0 Å². The van der Waals surface area contributed by atoms with E-state index in [1.807, 2.05) is 13.8 Å². The Morgan fingerprint density at radius 3 is 2.33 bits per heavy atom. The molecule has 2 N–H and O–H groups in total. The molecule has 18 heavy (non-hydrogen) atoms. The van der Waals surface area contributed by atoms with E-state index in [-0.39, 0.29) is 17.1 Å². The predicted molar refractivity (Wildman–Crippen MR) is 69.8 cm³/mol. The first-order valence-electron chi connectivity index (χ1n) is 6.36. The maximum atomic E-state index is 11.8. The van der Waals surface area contributed by atoms with Crippen LogP contribution in [-0.2, 0) is 14.8 Å². The largest absolute Gasteiger partial charge is 0.480 e. The highest BCUT2D eigenvalue weighted by molar-refractivity contribution is 7.89. The summed E-state index contributed by atoms with van der Waals surface area (Å²) < 4.78 is 26.0. The van der Waals surface area contributed by atoms with Crippen LogP contribution in [0.25, 0.3) is 0 Å². The minimum atomic E-state index is -3.50. The molecule has 0 aromatic carbocycles. The fourth-order valence-corrected chi connectivity index (χ4v) is 3.30. The summed E-state index contributed by atoms with van der Waals surface area (Å²) in [4.78, 5) is 11.0. The molecule has 5 nitrogen and oxygen atoms in total. The Kier molecular flexibility index (Phi) is 4.78. The zero-order valence-electron chi connectivity index (χ0n) is 11.3. The molecule has 1 fully saturated rings. The van der Waals surface area contributed by atoms with Gasteiger partial charge in [0.1, 0.15) is 6.04 Å². The zero-order chi connectivity index (χ0) is 14.0. The lowest BCUT2D eigenvalue weighted by Crippen LogP contribution is -2.42. The quantitative estimate of drug-likeness (QED) is 0.706. The van der Waals surface area contributed by atoms with Gasteiger partial charge in [-0.25, -0.2) is 13.1 Å². The van der Waals surface area contributed by atoms with E-state index in [2.05, 4.69) is 11.6 Å². The van der Waals surface area contributed by atoms with Crippen molar-refractivity contribution in [3.05, 3.63) is 0 Å². The normalized spacial score (nSPS) is 19.8. The lowest BCUT2D eigenvalue weighted by molar-refractivity contribution is -0.139. The van der Waals surface area contributed by atoms with Crippen LogP contribution in [0.2, 0.25) is 0 Å². The summed E-state index contributed by atoms with van der Waals surface area (Å²) >= 11 is 0. The Morgan fingerprint density at radius 1 is 1.39 bits per heavy atom. The van der Waals surface area contributed by atoms with E-state index in [0.717, 1.165) is 12.8 Å². The summed E-state index contributed by atoms with van der Waals surface area (Å²) in [5.41, 5.74) is 0.158. The minimum absolute atomic E-state index is 0.0192. The van der Waals surface area contributed by atoms with E-state index in [1.54, 1.807) is 0 Å². The number of sulfonamides is 1. The molecule has 1 unspecified atom stereocenters. The van der Waals surface area contributed by atoms with Crippen LogP contribution in [0, 0.1) is 11.3 Å². The molecule has 0 bridgehead atoms. The van der Waals surface area contributed by atoms with E-state index in [0.29, 0.717) is 12.8 Å². The molecule has 0 radical (unpaired) electrons. The highest BCUT2D eigenvalue weighted by Gasteiger charge is 2.38. The molecule has 6 heteroatoms. The van der Waals surface area contributed by atoms with E-state index in [9.17, 15) is 13.2 Å². The fraction of sp³-hybridized carbons (Fsp3) is 0.917. The summed E-state index contributed by atoms with van der Waals surface area (Å²) in [5, 5.41) is 9.00. The van der Waals surface area contributed by atoms with Crippen LogP contribution < -0.4 is 4.72 Å². The van der Waals surface area contributed by atoms with Gasteiger partial charge >= 0.3 is 5.97 Å². The molecule has 1 rings (SSSR count). The minimum Gasteiger partial charge on any atom is -0.480 e. The molecule has 0 aromatic heterocycles. The van der Waals surface area contributed by atoms with Crippen LogP contribution >= 0.6 is 0 Å². The molecular weight excluding hydrogens is 254 g/mol. The summed E-state index contributed by atoms with van der Waals surface area (Å²) in [6, 6.07) is -1.01. The van der Waals surface area contributed by atoms with Crippen molar-refractivity contribution in [1.82, 2.24) is 4.72 Å². The lowest BCUT2D eigenvalue weighted by Gasteiger charge is -2.17. The molecule has 0 aliphatic heterocycles. The smallest absolute Gasteiger partial charge is 0.321 e. The Hall–Kier alpha value is -0.620. The second kappa shape index (κ2) is 5.57. The van der Waals surface area contributed by atoms with Gasteiger partial charge in [0.05, 0.1) is 5.75 Å². The second-order valence-corrected chi connectivity index (χ2v) is 7.89. The monoisotopic (exact) mass is 277 g/mol. The number of hydrogen-bond donors (Lipinski definition) is 2. The van der Waals surface area contributed by atoms with Gasteiger partial charge in [-0.1, -0.05) is 20.8 Å². The Labute approximate surface area is 109 Å². The zero-order valence-corrected chi connectivity index (χ0v) is 12.1. The van der Waals surface area contributed by atoms with Crippen LogP contribution in [0.5, 0.6) is 0 Å². The molecule has 0 saturated heterocycles. The summed E-state index contributed by atoms with van der Waals surface area (Å²) in [5.74, 6) is -0.953. The first kappa shape index (κ1) is 15.4. The molecule has 1 aliphatic carbocycles. The molecule has 0 aromatic rings. The van der Waals surface area contributed by atoms with Crippen LogP contribution in [0.15, 0.2) is 0 Å². The van der Waals surface area contributed by atoms with Crippen molar-refractivity contribution in [2.24, 2.45) is 11.3 Å². The Balaban J connectivity index is 2.52. The van der Waals surface area contributed by atoms with E-state index in [1.165, 1.54) is 0 Å². The van der Waals surface area contributed by atoms with Gasteiger partial charge in [0, 0.05) is 0 Å². The molecule has 1 atom stereocenters. The molecule has 0 heterocycles. The van der Waals surface area contributed by atoms with Crippen molar-refractivity contribution in [3.8, 4) is 0 Å². The second-order valence-electron chi connectivity index (χ2n) is 6.02. The van der Waals surface area contributed by atoms with Gasteiger partial charge < -0.3 is 5.11 Å². The number of carboxylic acids is 1. The van der Waals surface area contributed by atoms with Gasteiger partial charge in [-0.15, -0.1) is 0 Å². The third-order valence-corrected chi connectivity index (χ3v) is 4.79. The number of nitrogens with one attached hydrogen (secondary N) is 1. The van der Waals surface area contributed by atoms with Crippen molar-refractivity contribution < 1.29 is 18.3 Å². The SMILES string of the molecule is CC(C)CC(NS(=O)(=O)CCC1(C)CC1)C(=O)O. The third-order valence-electron chi connectivity index (χ3n) is 3.40. The van der Waals surface area contributed by atoms with Gasteiger partial charge in [-0.2, -0.15) is 0 Å². The van der Waals surface area contributed by atoms with Crippen molar-refractivity contribution in [2.75, 3.05) is 5.75 Å². The topological polar surface area (TPSA) is 83.5 Å². The van der Waals surface area contributed by atoms with Crippen molar-refractivity contribution in [1.29, 1.82) is 0 Å². The number of carbonyl (C=O) groups is 1. The molecule has 0 spiro atoms. The predicted octanol–water partition coefficient (Wildman–Crippen LogP) is 1.60. The average molecular weight is 277 g/mol. The maximum absolute atomic E-state index is 11.8. The number of hydrogen-bond acceptors (Lipinski definition) is 3. The van der Waals surface area contributed by atoms with Crippen molar-refractivity contribution in [2.45, 2.75) is 52.5 Å².